The lowest BCUT2D eigenvalue weighted by Gasteiger charge is -2.10. The molecule has 0 aromatic heterocycles. The zero-order chi connectivity index (χ0) is 8.15. The van der Waals surface area contributed by atoms with Gasteiger partial charge in [0.25, 0.3) is 0 Å². The third kappa shape index (κ3) is 4.32. The molecule has 0 saturated heterocycles. The van der Waals surface area contributed by atoms with Gasteiger partial charge in [-0.2, -0.15) is 0 Å². The van der Waals surface area contributed by atoms with E-state index in [0.717, 1.165) is 0 Å². The highest BCUT2D eigenvalue weighted by Crippen LogP contribution is 1.96. The lowest BCUT2D eigenvalue weighted by molar-refractivity contribution is -0.128. The van der Waals surface area contributed by atoms with E-state index in [1.165, 1.54) is 0 Å². The summed E-state index contributed by atoms with van der Waals surface area (Å²) in [5.41, 5.74) is 4.96. The first kappa shape index (κ1) is 9.43. The molecular weight excluding hydrogens is 130 g/mol. The van der Waals surface area contributed by atoms with E-state index < -0.39 is 12.0 Å². The number of hydrogen-bond acceptors (Lipinski definition) is 2. The summed E-state index contributed by atoms with van der Waals surface area (Å²) in [5, 5.41) is 0. The SMILES string of the molecule is CC(C)CO[C@H](C)C(N)=O. The highest BCUT2D eigenvalue weighted by molar-refractivity contribution is 5.78. The summed E-state index contributed by atoms with van der Waals surface area (Å²) in [6, 6.07) is 0. The summed E-state index contributed by atoms with van der Waals surface area (Å²) in [6.45, 7) is 6.29. The van der Waals surface area contributed by atoms with Gasteiger partial charge in [0.2, 0.25) is 5.91 Å². The molecule has 0 radical (unpaired) electrons. The van der Waals surface area contributed by atoms with Gasteiger partial charge in [-0.25, -0.2) is 0 Å². The van der Waals surface area contributed by atoms with Gasteiger partial charge in [-0.3, -0.25) is 4.79 Å². The van der Waals surface area contributed by atoms with Crippen LogP contribution in [0.3, 0.4) is 0 Å². The Kier molecular flexibility index (Phi) is 4.03. The smallest absolute Gasteiger partial charge is 0.246 e. The van der Waals surface area contributed by atoms with Crippen molar-refractivity contribution in [3.05, 3.63) is 0 Å². The number of carbonyl (C=O) groups excluding carboxylic acids is 1. The van der Waals surface area contributed by atoms with Crippen LogP contribution < -0.4 is 5.73 Å². The van der Waals surface area contributed by atoms with Crippen molar-refractivity contribution in [1.82, 2.24) is 0 Å². The topological polar surface area (TPSA) is 52.3 Å². The van der Waals surface area contributed by atoms with Gasteiger partial charge in [-0.05, 0) is 12.8 Å². The highest BCUT2D eigenvalue weighted by atomic mass is 16.5. The van der Waals surface area contributed by atoms with Gasteiger partial charge in [0, 0.05) is 6.61 Å². The molecule has 0 aromatic rings. The van der Waals surface area contributed by atoms with E-state index in [2.05, 4.69) is 0 Å². The molecule has 60 valence electrons. The molecule has 0 aliphatic heterocycles. The number of hydrogen-bond donors (Lipinski definition) is 1. The summed E-state index contributed by atoms with van der Waals surface area (Å²) in [6.07, 6.45) is -0.456. The van der Waals surface area contributed by atoms with Crippen LogP contribution in [0.5, 0.6) is 0 Å². The van der Waals surface area contributed by atoms with Gasteiger partial charge >= 0.3 is 0 Å². The Balaban J connectivity index is 3.40. The molecule has 3 nitrogen and oxygen atoms in total. The first-order valence-electron chi connectivity index (χ1n) is 3.45. The Bertz CT molecular complexity index is 112. The maximum atomic E-state index is 10.4. The quantitative estimate of drug-likeness (QED) is 0.627. The Morgan fingerprint density at radius 3 is 2.30 bits per heavy atom. The molecule has 0 rings (SSSR count). The second-order valence-corrected chi connectivity index (χ2v) is 2.77. The summed E-state index contributed by atoms with van der Waals surface area (Å²) < 4.78 is 5.09. The molecule has 0 aliphatic rings. The van der Waals surface area contributed by atoms with Crippen LogP contribution in [0.2, 0.25) is 0 Å². The van der Waals surface area contributed by atoms with Crippen LogP contribution in [0, 0.1) is 5.92 Å². The summed E-state index contributed by atoms with van der Waals surface area (Å²) in [7, 11) is 0. The molecule has 10 heavy (non-hydrogen) atoms. The molecule has 0 spiro atoms. The number of carbonyl (C=O) groups is 1. The van der Waals surface area contributed by atoms with E-state index in [1.54, 1.807) is 6.92 Å². The molecule has 1 atom stereocenters. The fourth-order valence-electron chi connectivity index (χ4n) is 0.419. The third-order valence-corrected chi connectivity index (χ3v) is 1.08. The first-order valence-corrected chi connectivity index (χ1v) is 3.45. The van der Waals surface area contributed by atoms with Crippen LogP contribution in [-0.2, 0) is 9.53 Å². The first-order chi connectivity index (χ1) is 4.54. The Morgan fingerprint density at radius 1 is 1.50 bits per heavy atom. The fourth-order valence-corrected chi connectivity index (χ4v) is 0.419. The Morgan fingerprint density at radius 2 is 2.00 bits per heavy atom. The van der Waals surface area contributed by atoms with Gasteiger partial charge < -0.3 is 10.5 Å². The van der Waals surface area contributed by atoms with Crippen molar-refractivity contribution >= 4 is 5.91 Å². The summed E-state index contributed by atoms with van der Waals surface area (Å²) in [4.78, 5) is 10.4. The van der Waals surface area contributed by atoms with Crippen LogP contribution in [0.15, 0.2) is 0 Å². The second kappa shape index (κ2) is 4.28. The molecule has 0 unspecified atom stereocenters. The van der Waals surface area contributed by atoms with Crippen LogP contribution in [0.4, 0.5) is 0 Å². The molecular formula is C7H15NO2. The van der Waals surface area contributed by atoms with E-state index in [9.17, 15) is 4.79 Å². The molecule has 3 heteroatoms. The van der Waals surface area contributed by atoms with E-state index in [0.29, 0.717) is 12.5 Å². The van der Waals surface area contributed by atoms with Gasteiger partial charge in [0.05, 0.1) is 0 Å². The van der Waals surface area contributed by atoms with Gasteiger partial charge in [0.15, 0.2) is 0 Å². The average Bonchev–Trinajstić information content (AvgIpc) is 1.82. The normalized spacial score (nSPS) is 13.6. The number of primary amides is 1. The predicted octanol–water partition coefficient (Wildman–Crippen LogP) is 0.533. The molecule has 0 aliphatic carbocycles. The zero-order valence-electron chi connectivity index (χ0n) is 6.76. The highest BCUT2D eigenvalue weighted by Gasteiger charge is 2.08. The van der Waals surface area contributed by atoms with Gasteiger partial charge in [-0.15, -0.1) is 0 Å². The molecule has 0 heterocycles. The molecule has 0 fully saturated rings. The van der Waals surface area contributed by atoms with E-state index in [4.69, 9.17) is 10.5 Å². The van der Waals surface area contributed by atoms with Gasteiger partial charge in [-0.1, -0.05) is 13.8 Å². The lowest BCUT2D eigenvalue weighted by Crippen LogP contribution is -2.29. The molecule has 2 N–H and O–H groups in total. The molecule has 0 aromatic carbocycles. The van der Waals surface area contributed by atoms with Crippen molar-refractivity contribution in [2.45, 2.75) is 26.9 Å². The van der Waals surface area contributed by atoms with Crippen molar-refractivity contribution in [1.29, 1.82) is 0 Å². The van der Waals surface area contributed by atoms with E-state index >= 15 is 0 Å². The standard InChI is InChI=1S/C7H15NO2/c1-5(2)4-10-6(3)7(8)9/h5-6H,4H2,1-3H3,(H2,8,9)/t6-/m1/s1. The van der Waals surface area contributed by atoms with Crippen molar-refractivity contribution < 1.29 is 9.53 Å². The minimum Gasteiger partial charge on any atom is -0.368 e. The largest absolute Gasteiger partial charge is 0.368 e. The monoisotopic (exact) mass is 145 g/mol. The Hall–Kier alpha value is -0.570. The third-order valence-electron chi connectivity index (χ3n) is 1.08. The van der Waals surface area contributed by atoms with Crippen LogP contribution in [-0.4, -0.2) is 18.6 Å². The van der Waals surface area contributed by atoms with Crippen LogP contribution in [0.1, 0.15) is 20.8 Å². The lowest BCUT2D eigenvalue weighted by atomic mass is 10.2. The van der Waals surface area contributed by atoms with Crippen molar-refractivity contribution in [2.24, 2.45) is 11.7 Å². The number of ether oxygens (including phenoxy) is 1. The Labute approximate surface area is 61.5 Å². The molecule has 0 saturated carbocycles. The second-order valence-electron chi connectivity index (χ2n) is 2.77. The van der Waals surface area contributed by atoms with Crippen LogP contribution >= 0.6 is 0 Å². The minimum atomic E-state index is -0.456. The maximum Gasteiger partial charge on any atom is 0.246 e. The van der Waals surface area contributed by atoms with Crippen LogP contribution in [0.25, 0.3) is 0 Å². The van der Waals surface area contributed by atoms with Gasteiger partial charge in [0.1, 0.15) is 6.10 Å². The van der Waals surface area contributed by atoms with Crippen molar-refractivity contribution in [3.8, 4) is 0 Å². The molecule has 1 amide bonds. The van der Waals surface area contributed by atoms with E-state index in [-0.39, 0.29) is 0 Å². The molecule has 0 bridgehead atoms. The number of nitrogens with two attached hydrogens (primary N) is 1. The predicted molar refractivity (Wildman–Crippen MR) is 39.4 cm³/mol. The fraction of sp³-hybridized carbons (Fsp3) is 0.857. The maximum absolute atomic E-state index is 10.4. The summed E-state index contributed by atoms with van der Waals surface area (Å²) in [5.74, 6) is 0.0439. The van der Waals surface area contributed by atoms with Crippen molar-refractivity contribution in [2.75, 3.05) is 6.61 Å². The number of rotatable bonds is 4. The zero-order valence-corrected chi connectivity index (χ0v) is 6.76. The van der Waals surface area contributed by atoms with Crippen molar-refractivity contribution in [3.63, 3.8) is 0 Å². The number of amides is 1. The minimum absolute atomic E-state index is 0.402. The summed E-state index contributed by atoms with van der Waals surface area (Å²) >= 11 is 0. The average molecular weight is 145 g/mol. The van der Waals surface area contributed by atoms with E-state index in [1.807, 2.05) is 13.8 Å².